The fourth-order valence-corrected chi connectivity index (χ4v) is 2.22. The molecule has 0 saturated carbocycles. The van der Waals surface area contributed by atoms with E-state index >= 15 is 0 Å². The number of hydrogen-bond donors (Lipinski definition) is 0. The zero-order valence-electron chi connectivity index (χ0n) is 9.78. The first-order valence-electron chi connectivity index (χ1n) is 5.40. The highest BCUT2D eigenvalue weighted by molar-refractivity contribution is 7.89. The minimum atomic E-state index is -3.35. The van der Waals surface area contributed by atoms with Crippen molar-refractivity contribution in [3.05, 3.63) is 42.2 Å². The van der Waals surface area contributed by atoms with Crippen molar-refractivity contribution in [2.75, 3.05) is 5.75 Å². The smallest absolute Gasteiger partial charge is 0.253 e. The van der Waals surface area contributed by atoms with Gasteiger partial charge in [0.1, 0.15) is 6.29 Å². The predicted octanol–water partition coefficient (Wildman–Crippen LogP) is 1.56. The van der Waals surface area contributed by atoms with Gasteiger partial charge in [0.25, 0.3) is 10.0 Å². The zero-order valence-corrected chi connectivity index (χ0v) is 10.6. The topological polar surface area (TPSA) is 69.0 Å². The molecule has 6 heteroatoms. The van der Waals surface area contributed by atoms with Crippen molar-refractivity contribution in [1.82, 2.24) is 9.19 Å². The Morgan fingerprint density at radius 2 is 1.89 bits per heavy atom. The molecule has 0 atom stereocenters. The number of carbonyl (C=O) groups excluding carboxylic acids is 1. The van der Waals surface area contributed by atoms with Crippen LogP contribution in [-0.4, -0.2) is 29.6 Å². The third-order valence-corrected chi connectivity index (χ3v) is 4.09. The molecule has 0 radical (unpaired) electrons. The minimum absolute atomic E-state index is 0.00179. The largest absolute Gasteiger partial charge is 0.298 e. The summed E-state index contributed by atoms with van der Waals surface area (Å²) in [4.78, 5) is 10.5. The van der Waals surface area contributed by atoms with E-state index in [9.17, 15) is 13.2 Å². The Bertz CT molecular complexity index is 657. The summed E-state index contributed by atoms with van der Waals surface area (Å²) in [6, 6.07) is 6.86. The Balaban J connectivity index is 2.37. The third kappa shape index (κ3) is 2.33. The summed E-state index contributed by atoms with van der Waals surface area (Å²) in [7, 11) is -3.35. The van der Waals surface area contributed by atoms with E-state index in [0.717, 1.165) is 15.9 Å². The fourth-order valence-electron chi connectivity index (χ4n) is 1.49. The maximum atomic E-state index is 11.6. The summed E-state index contributed by atoms with van der Waals surface area (Å²) in [5.41, 5.74) is 2.09. The molecule has 0 saturated heterocycles. The Morgan fingerprint density at radius 1 is 1.22 bits per heavy atom. The molecule has 5 nitrogen and oxygen atoms in total. The van der Waals surface area contributed by atoms with E-state index in [2.05, 4.69) is 5.10 Å². The van der Waals surface area contributed by atoms with Crippen LogP contribution in [-0.2, 0) is 10.0 Å². The van der Waals surface area contributed by atoms with Gasteiger partial charge in [-0.2, -0.15) is 9.19 Å². The molecule has 0 N–H and O–H groups in total. The van der Waals surface area contributed by atoms with Gasteiger partial charge in [0.05, 0.1) is 18.1 Å². The van der Waals surface area contributed by atoms with Gasteiger partial charge in [-0.05, 0) is 12.5 Å². The van der Waals surface area contributed by atoms with Crippen molar-refractivity contribution < 1.29 is 13.2 Å². The van der Waals surface area contributed by atoms with Crippen molar-refractivity contribution >= 4 is 16.3 Å². The molecule has 2 aromatic rings. The van der Waals surface area contributed by atoms with E-state index in [4.69, 9.17) is 0 Å². The van der Waals surface area contributed by atoms with Crippen molar-refractivity contribution in [1.29, 1.82) is 0 Å². The quantitative estimate of drug-likeness (QED) is 0.786. The average Bonchev–Trinajstić information content (AvgIpc) is 2.89. The average molecular weight is 264 g/mol. The second kappa shape index (κ2) is 4.73. The maximum Gasteiger partial charge on any atom is 0.253 e. The summed E-state index contributed by atoms with van der Waals surface area (Å²) in [6.07, 6.45) is 3.71. The Labute approximate surface area is 105 Å². The van der Waals surface area contributed by atoms with Crippen LogP contribution in [0.15, 0.2) is 36.7 Å². The molecular weight excluding hydrogens is 252 g/mol. The summed E-state index contributed by atoms with van der Waals surface area (Å²) < 4.78 is 24.2. The van der Waals surface area contributed by atoms with E-state index in [1.165, 1.54) is 12.4 Å². The monoisotopic (exact) mass is 264 g/mol. The normalized spacial score (nSPS) is 11.4. The van der Waals surface area contributed by atoms with Gasteiger partial charge in [0.2, 0.25) is 0 Å². The van der Waals surface area contributed by atoms with Crippen LogP contribution in [0.2, 0.25) is 0 Å². The summed E-state index contributed by atoms with van der Waals surface area (Å²) >= 11 is 0. The van der Waals surface area contributed by atoms with Crippen LogP contribution in [0.25, 0.3) is 11.1 Å². The molecule has 0 aliphatic carbocycles. The van der Waals surface area contributed by atoms with Crippen molar-refractivity contribution in [3.63, 3.8) is 0 Å². The van der Waals surface area contributed by atoms with E-state index in [-0.39, 0.29) is 5.75 Å². The van der Waals surface area contributed by atoms with Crippen LogP contribution >= 0.6 is 0 Å². The van der Waals surface area contributed by atoms with Gasteiger partial charge in [0, 0.05) is 11.1 Å². The van der Waals surface area contributed by atoms with E-state index in [1.807, 2.05) is 0 Å². The first kappa shape index (κ1) is 12.5. The Morgan fingerprint density at radius 3 is 2.44 bits per heavy atom. The predicted molar refractivity (Wildman–Crippen MR) is 67.9 cm³/mol. The molecule has 0 fully saturated rings. The SMILES string of the molecule is CCS(=O)(=O)n1cc(-c2ccc(C=O)cc2)cn1. The molecule has 18 heavy (non-hydrogen) atoms. The first-order valence-corrected chi connectivity index (χ1v) is 7.01. The summed E-state index contributed by atoms with van der Waals surface area (Å²) in [5, 5.41) is 3.84. The molecular formula is C12H12N2O3S. The van der Waals surface area contributed by atoms with Crippen LogP contribution in [0.5, 0.6) is 0 Å². The lowest BCUT2D eigenvalue weighted by Gasteiger charge is -1.99. The lowest BCUT2D eigenvalue weighted by molar-refractivity contribution is 0.112. The molecule has 0 aliphatic rings. The van der Waals surface area contributed by atoms with E-state index in [1.54, 1.807) is 31.2 Å². The number of nitrogens with zero attached hydrogens (tertiary/aromatic N) is 2. The van der Waals surface area contributed by atoms with Crippen LogP contribution in [0.4, 0.5) is 0 Å². The van der Waals surface area contributed by atoms with Gasteiger partial charge in [-0.1, -0.05) is 24.3 Å². The van der Waals surface area contributed by atoms with Crippen LogP contribution < -0.4 is 0 Å². The van der Waals surface area contributed by atoms with Crippen molar-refractivity contribution in [3.8, 4) is 11.1 Å². The van der Waals surface area contributed by atoms with E-state index in [0.29, 0.717) is 11.1 Å². The molecule has 1 aromatic carbocycles. The summed E-state index contributed by atoms with van der Waals surface area (Å²) in [6.45, 7) is 1.57. The molecule has 0 bridgehead atoms. The summed E-state index contributed by atoms with van der Waals surface area (Å²) in [5.74, 6) is -0.00179. The fraction of sp³-hybridized carbons (Fsp3) is 0.167. The maximum absolute atomic E-state index is 11.6. The highest BCUT2D eigenvalue weighted by Gasteiger charge is 2.12. The van der Waals surface area contributed by atoms with Gasteiger partial charge in [-0.25, -0.2) is 8.42 Å². The van der Waals surface area contributed by atoms with Crippen molar-refractivity contribution in [2.24, 2.45) is 0 Å². The third-order valence-electron chi connectivity index (χ3n) is 2.59. The molecule has 94 valence electrons. The van der Waals surface area contributed by atoms with Gasteiger partial charge in [-0.3, -0.25) is 4.79 Å². The first-order chi connectivity index (χ1) is 8.56. The highest BCUT2D eigenvalue weighted by Crippen LogP contribution is 2.19. The lowest BCUT2D eigenvalue weighted by Crippen LogP contribution is -2.14. The lowest BCUT2D eigenvalue weighted by atomic mass is 10.1. The second-order valence-electron chi connectivity index (χ2n) is 3.74. The van der Waals surface area contributed by atoms with Gasteiger partial charge < -0.3 is 0 Å². The number of aromatic nitrogens is 2. The highest BCUT2D eigenvalue weighted by atomic mass is 32.2. The van der Waals surface area contributed by atoms with Gasteiger partial charge in [-0.15, -0.1) is 0 Å². The Hall–Kier alpha value is -1.95. The molecule has 1 aromatic heterocycles. The number of carbonyl (C=O) groups is 1. The van der Waals surface area contributed by atoms with Gasteiger partial charge >= 0.3 is 0 Å². The molecule has 0 spiro atoms. The molecule has 1 heterocycles. The van der Waals surface area contributed by atoms with Gasteiger partial charge in [0.15, 0.2) is 0 Å². The van der Waals surface area contributed by atoms with Crippen LogP contribution in [0, 0.1) is 0 Å². The zero-order chi connectivity index (χ0) is 13.2. The minimum Gasteiger partial charge on any atom is -0.298 e. The van der Waals surface area contributed by atoms with E-state index < -0.39 is 10.0 Å². The molecule has 0 unspecified atom stereocenters. The number of rotatable bonds is 4. The second-order valence-corrected chi connectivity index (χ2v) is 5.86. The van der Waals surface area contributed by atoms with Crippen molar-refractivity contribution in [2.45, 2.75) is 6.92 Å². The molecule has 0 aliphatic heterocycles. The van der Waals surface area contributed by atoms with Crippen LogP contribution in [0.3, 0.4) is 0 Å². The number of aldehydes is 1. The number of benzene rings is 1. The Kier molecular flexibility index (Phi) is 3.29. The number of hydrogen-bond acceptors (Lipinski definition) is 4. The molecule has 0 amide bonds. The molecule has 2 rings (SSSR count). The van der Waals surface area contributed by atoms with Crippen LogP contribution in [0.1, 0.15) is 17.3 Å². The standard InChI is InChI=1S/C12H12N2O3S/c1-2-18(16,17)14-8-12(7-13-14)11-5-3-10(9-15)4-6-11/h3-9H,2H2,1H3.